The van der Waals surface area contributed by atoms with Crippen molar-refractivity contribution in [1.82, 2.24) is 5.32 Å². The van der Waals surface area contributed by atoms with Gasteiger partial charge in [-0.05, 0) is 19.3 Å². The van der Waals surface area contributed by atoms with Crippen molar-refractivity contribution < 1.29 is 15.0 Å². The highest BCUT2D eigenvalue weighted by atomic mass is 16.3. The average molecular weight is 804 g/mol. The molecule has 340 valence electrons. The van der Waals surface area contributed by atoms with Crippen molar-refractivity contribution in [2.75, 3.05) is 6.61 Å². The fraction of sp³-hybridized carbons (Fsp3) is 0.943. The summed E-state index contributed by atoms with van der Waals surface area (Å²) in [7, 11) is 0. The lowest BCUT2D eigenvalue weighted by molar-refractivity contribution is -0.123. The molecule has 0 saturated carbocycles. The Morgan fingerprint density at radius 1 is 0.404 bits per heavy atom. The number of nitrogens with one attached hydrogen (secondary N) is 1. The molecular weight excluding hydrogens is 699 g/mol. The molecule has 4 heteroatoms. The average Bonchev–Trinajstić information content (AvgIpc) is 3.22. The van der Waals surface area contributed by atoms with Gasteiger partial charge in [0.05, 0.1) is 18.8 Å². The summed E-state index contributed by atoms with van der Waals surface area (Å²) in [5, 5.41) is 23.1. The largest absolute Gasteiger partial charge is 0.394 e. The summed E-state index contributed by atoms with van der Waals surface area (Å²) >= 11 is 0. The Labute approximate surface area is 358 Å². The molecule has 0 aromatic rings. The van der Waals surface area contributed by atoms with E-state index in [1.165, 1.54) is 257 Å². The van der Waals surface area contributed by atoms with Crippen molar-refractivity contribution in [3.05, 3.63) is 12.2 Å². The van der Waals surface area contributed by atoms with Gasteiger partial charge >= 0.3 is 0 Å². The maximum Gasteiger partial charge on any atom is 0.220 e. The molecule has 0 aliphatic rings. The van der Waals surface area contributed by atoms with Gasteiger partial charge in [-0.1, -0.05) is 289 Å². The summed E-state index contributed by atoms with van der Waals surface area (Å²) < 4.78 is 0. The van der Waals surface area contributed by atoms with Crippen molar-refractivity contribution in [2.45, 2.75) is 315 Å². The van der Waals surface area contributed by atoms with E-state index in [4.69, 9.17) is 0 Å². The minimum Gasteiger partial charge on any atom is -0.394 e. The van der Waals surface area contributed by atoms with Crippen LogP contribution in [0.25, 0.3) is 0 Å². The molecule has 57 heavy (non-hydrogen) atoms. The van der Waals surface area contributed by atoms with Crippen molar-refractivity contribution in [1.29, 1.82) is 0 Å². The Morgan fingerprint density at radius 3 is 0.912 bits per heavy atom. The van der Waals surface area contributed by atoms with Gasteiger partial charge in [0.2, 0.25) is 5.91 Å². The number of aliphatic hydroxyl groups excluding tert-OH is 2. The molecule has 1 amide bonds. The molecule has 0 aromatic heterocycles. The number of carbonyl (C=O) groups is 1. The van der Waals surface area contributed by atoms with E-state index in [-0.39, 0.29) is 12.5 Å². The SMILES string of the molecule is CCCCCCCCCCCCCCCCCCCCCC/C=C/C(O)C(CO)NC(=O)CCCCCCCCCCCCCCCCCCCCCCCCC. The number of amides is 1. The molecular formula is C53H105NO3. The van der Waals surface area contributed by atoms with Crippen molar-refractivity contribution in [3.8, 4) is 0 Å². The van der Waals surface area contributed by atoms with E-state index in [2.05, 4.69) is 19.2 Å². The number of aliphatic hydroxyl groups is 2. The molecule has 2 unspecified atom stereocenters. The number of unbranched alkanes of at least 4 members (excludes halogenated alkanes) is 42. The van der Waals surface area contributed by atoms with Gasteiger partial charge in [-0.25, -0.2) is 0 Å². The third-order valence-corrected chi connectivity index (χ3v) is 12.5. The van der Waals surface area contributed by atoms with Crippen LogP contribution in [0.2, 0.25) is 0 Å². The van der Waals surface area contributed by atoms with E-state index in [9.17, 15) is 15.0 Å². The van der Waals surface area contributed by atoms with E-state index in [1.807, 2.05) is 6.08 Å². The van der Waals surface area contributed by atoms with E-state index in [1.54, 1.807) is 6.08 Å². The fourth-order valence-electron chi connectivity index (χ4n) is 8.48. The Morgan fingerprint density at radius 2 is 0.649 bits per heavy atom. The number of carbonyl (C=O) groups excluding carboxylic acids is 1. The molecule has 0 radical (unpaired) electrons. The van der Waals surface area contributed by atoms with E-state index in [0.717, 1.165) is 25.7 Å². The van der Waals surface area contributed by atoms with Crippen LogP contribution < -0.4 is 5.32 Å². The van der Waals surface area contributed by atoms with Crippen LogP contribution in [0.4, 0.5) is 0 Å². The van der Waals surface area contributed by atoms with E-state index < -0.39 is 12.1 Å². The Bertz CT molecular complexity index is 784. The molecule has 0 fully saturated rings. The monoisotopic (exact) mass is 804 g/mol. The number of rotatable bonds is 49. The number of hydrogen-bond donors (Lipinski definition) is 3. The lowest BCUT2D eigenvalue weighted by Crippen LogP contribution is -2.45. The highest BCUT2D eigenvalue weighted by Gasteiger charge is 2.18. The van der Waals surface area contributed by atoms with Gasteiger partial charge in [-0.2, -0.15) is 0 Å². The summed E-state index contributed by atoms with van der Waals surface area (Å²) in [5.74, 6) is -0.0564. The summed E-state index contributed by atoms with van der Waals surface area (Å²) in [6.07, 6.45) is 63.6. The van der Waals surface area contributed by atoms with Crippen molar-refractivity contribution in [2.24, 2.45) is 0 Å². The normalized spacial score (nSPS) is 12.8. The zero-order chi connectivity index (χ0) is 41.4. The molecule has 0 spiro atoms. The second-order valence-electron chi connectivity index (χ2n) is 18.3. The zero-order valence-corrected chi connectivity index (χ0v) is 39.1. The van der Waals surface area contributed by atoms with Gasteiger partial charge in [0.25, 0.3) is 0 Å². The first-order valence-electron chi connectivity index (χ1n) is 26.4. The van der Waals surface area contributed by atoms with Crippen LogP contribution in [-0.4, -0.2) is 34.9 Å². The first-order valence-corrected chi connectivity index (χ1v) is 26.4. The smallest absolute Gasteiger partial charge is 0.220 e. The molecule has 0 saturated heterocycles. The second-order valence-corrected chi connectivity index (χ2v) is 18.3. The van der Waals surface area contributed by atoms with Crippen LogP contribution in [0.1, 0.15) is 303 Å². The number of allylic oxidation sites excluding steroid dienone is 1. The first-order chi connectivity index (χ1) is 28.2. The fourth-order valence-corrected chi connectivity index (χ4v) is 8.48. The molecule has 2 atom stereocenters. The quantitative estimate of drug-likeness (QED) is 0.0424. The topological polar surface area (TPSA) is 69.6 Å². The Balaban J connectivity index is 3.47. The molecule has 0 aliphatic heterocycles. The van der Waals surface area contributed by atoms with Crippen molar-refractivity contribution >= 4 is 5.91 Å². The maximum atomic E-state index is 12.4. The lowest BCUT2D eigenvalue weighted by atomic mass is 10.0. The molecule has 0 bridgehead atoms. The predicted octanol–water partition coefficient (Wildman–Crippen LogP) is 17.0. The molecule has 3 N–H and O–H groups in total. The minimum atomic E-state index is -0.835. The third-order valence-electron chi connectivity index (χ3n) is 12.5. The summed E-state index contributed by atoms with van der Waals surface area (Å²) in [4.78, 5) is 12.4. The van der Waals surface area contributed by atoms with Gasteiger partial charge in [-0.3, -0.25) is 4.79 Å². The summed E-state index contributed by atoms with van der Waals surface area (Å²) in [6, 6.07) is -0.617. The van der Waals surface area contributed by atoms with Gasteiger partial charge in [0.1, 0.15) is 0 Å². The zero-order valence-electron chi connectivity index (χ0n) is 39.1. The maximum absolute atomic E-state index is 12.4. The molecule has 0 aliphatic carbocycles. The Kier molecular flexibility index (Phi) is 48.7. The molecule has 4 nitrogen and oxygen atoms in total. The van der Waals surface area contributed by atoms with Crippen LogP contribution in [0.15, 0.2) is 12.2 Å². The lowest BCUT2D eigenvalue weighted by Gasteiger charge is -2.20. The van der Waals surface area contributed by atoms with Crippen molar-refractivity contribution in [3.63, 3.8) is 0 Å². The second kappa shape index (κ2) is 49.5. The van der Waals surface area contributed by atoms with Crippen LogP contribution in [0, 0.1) is 0 Å². The molecule has 0 aromatic carbocycles. The highest BCUT2D eigenvalue weighted by molar-refractivity contribution is 5.76. The number of hydrogen-bond acceptors (Lipinski definition) is 3. The third kappa shape index (κ3) is 46.1. The van der Waals surface area contributed by atoms with E-state index in [0.29, 0.717) is 6.42 Å². The van der Waals surface area contributed by atoms with Crippen LogP contribution in [0.3, 0.4) is 0 Å². The Hall–Kier alpha value is -0.870. The van der Waals surface area contributed by atoms with Gasteiger partial charge in [-0.15, -0.1) is 0 Å². The minimum absolute atomic E-state index is 0.0564. The van der Waals surface area contributed by atoms with Crippen LogP contribution in [0.5, 0.6) is 0 Å². The summed E-state index contributed by atoms with van der Waals surface area (Å²) in [5.41, 5.74) is 0. The van der Waals surface area contributed by atoms with Crippen LogP contribution >= 0.6 is 0 Å². The molecule has 0 heterocycles. The summed E-state index contributed by atoms with van der Waals surface area (Å²) in [6.45, 7) is 4.35. The van der Waals surface area contributed by atoms with Gasteiger partial charge < -0.3 is 15.5 Å². The first kappa shape index (κ1) is 56.1. The van der Waals surface area contributed by atoms with Gasteiger partial charge in [0, 0.05) is 6.42 Å². The highest BCUT2D eigenvalue weighted by Crippen LogP contribution is 2.17. The molecule has 0 rings (SSSR count). The standard InChI is InChI=1S/C53H105NO3/c1-3-5-7-9-11-13-15-17-19-21-23-25-27-29-31-33-35-37-39-41-43-45-47-49-53(57)54-51(50-55)52(56)48-46-44-42-40-38-36-34-32-30-28-26-24-22-20-18-16-14-12-10-8-6-4-2/h46,48,51-52,55-56H,3-45,47,49-50H2,1-2H3,(H,54,57)/b48-46+. The predicted molar refractivity (Wildman–Crippen MR) is 253 cm³/mol. The van der Waals surface area contributed by atoms with E-state index >= 15 is 0 Å². The van der Waals surface area contributed by atoms with Gasteiger partial charge in [0.15, 0.2) is 0 Å². The van der Waals surface area contributed by atoms with Crippen LogP contribution in [-0.2, 0) is 4.79 Å².